The SMILES string of the molecule is [C-]#Cc1ccccc1.[Ni+3].[c-]1ccccc1-c1cccc(-c2[c-]cccc2)n1. The van der Waals surface area contributed by atoms with Crippen molar-refractivity contribution in [3.8, 4) is 28.4 Å². The van der Waals surface area contributed by atoms with Gasteiger partial charge in [0.25, 0.3) is 0 Å². The molecule has 1 heterocycles. The molecule has 0 bridgehead atoms. The van der Waals surface area contributed by atoms with Crippen LogP contribution in [0.2, 0.25) is 0 Å². The molecule has 0 aliphatic rings. The maximum atomic E-state index is 6.69. The standard InChI is InChI=1S/C17H11N.C8H5.Ni/c1-3-8-14(9-4-1)16-12-7-13-17(18-16)15-10-5-2-6-11-15;1-2-8-6-4-3-5-7-8;/h1-8,10,12-13H;3-7H;/q-2;-1;+3. The maximum Gasteiger partial charge on any atom is 3.00 e. The fourth-order valence-corrected chi connectivity index (χ4v) is 2.36. The van der Waals surface area contributed by atoms with Crippen LogP contribution in [0.5, 0.6) is 0 Å². The summed E-state index contributed by atoms with van der Waals surface area (Å²) in [6, 6.07) is 37.5. The zero-order chi connectivity index (χ0) is 18.0. The topological polar surface area (TPSA) is 12.9 Å². The number of hydrogen-bond acceptors (Lipinski definition) is 1. The van der Waals surface area contributed by atoms with E-state index in [0.717, 1.165) is 28.1 Å². The first-order chi connectivity index (χ1) is 12.9. The Morgan fingerprint density at radius 3 is 1.56 bits per heavy atom. The van der Waals surface area contributed by atoms with Crippen LogP contribution < -0.4 is 0 Å². The summed E-state index contributed by atoms with van der Waals surface area (Å²) in [4.78, 5) is 4.65. The third-order valence-electron chi connectivity index (χ3n) is 3.64. The van der Waals surface area contributed by atoms with Crippen molar-refractivity contribution in [3.63, 3.8) is 0 Å². The van der Waals surface area contributed by atoms with Gasteiger partial charge in [0.05, 0.1) is 0 Å². The largest absolute Gasteiger partial charge is 3.00 e. The van der Waals surface area contributed by atoms with Gasteiger partial charge < -0.3 is 11.4 Å². The molecule has 27 heavy (non-hydrogen) atoms. The van der Waals surface area contributed by atoms with Gasteiger partial charge in [-0.1, -0.05) is 36.4 Å². The Morgan fingerprint density at radius 2 is 1.15 bits per heavy atom. The van der Waals surface area contributed by atoms with E-state index in [2.05, 4.69) is 23.0 Å². The first-order valence-corrected chi connectivity index (χ1v) is 8.26. The number of nitrogens with zero attached hydrogens (tertiary/aromatic N) is 1. The number of hydrogen-bond donors (Lipinski definition) is 0. The van der Waals surface area contributed by atoms with E-state index in [1.54, 1.807) is 0 Å². The molecule has 2 heteroatoms. The summed E-state index contributed by atoms with van der Waals surface area (Å²) in [6.07, 6.45) is 6.69. The van der Waals surface area contributed by atoms with E-state index in [-0.39, 0.29) is 16.5 Å². The first kappa shape index (κ1) is 20.2. The molecular formula is C25H16NNi. The molecule has 0 saturated carbocycles. The van der Waals surface area contributed by atoms with E-state index in [1.807, 2.05) is 97.1 Å². The molecule has 0 atom stereocenters. The van der Waals surface area contributed by atoms with E-state index in [4.69, 9.17) is 6.42 Å². The van der Waals surface area contributed by atoms with E-state index >= 15 is 0 Å². The predicted octanol–water partition coefficient (Wildman–Crippen LogP) is 5.64. The van der Waals surface area contributed by atoms with Gasteiger partial charge in [-0.05, 0) is 11.4 Å². The van der Waals surface area contributed by atoms with Crippen molar-refractivity contribution in [2.75, 3.05) is 0 Å². The minimum atomic E-state index is 0. The summed E-state index contributed by atoms with van der Waals surface area (Å²) in [7, 11) is 0. The fraction of sp³-hybridized carbons (Fsp3) is 0. The Bertz CT molecular complexity index is 920. The molecule has 1 radical (unpaired) electrons. The second-order valence-electron chi connectivity index (χ2n) is 5.45. The van der Waals surface area contributed by atoms with Gasteiger partial charge in [0, 0.05) is 0 Å². The Hall–Kier alpha value is -3.14. The number of aromatic nitrogens is 1. The molecule has 3 aromatic carbocycles. The summed E-state index contributed by atoms with van der Waals surface area (Å²) in [5.74, 6) is 2.28. The normalized spacial score (nSPS) is 9.15. The maximum absolute atomic E-state index is 6.69. The number of benzene rings is 3. The van der Waals surface area contributed by atoms with Crippen LogP contribution in [-0.4, -0.2) is 4.98 Å². The van der Waals surface area contributed by atoms with E-state index < -0.39 is 0 Å². The molecule has 0 N–H and O–H groups in total. The van der Waals surface area contributed by atoms with Gasteiger partial charge in [0.15, 0.2) is 0 Å². The molecule has 0 aliphatic heterocycles. The van der Waals surface area contributed by atoms with Crippen LogP contribution in [-0.2, 0) is 16.5 Å². The average molecular weight is 389 g/mol. The first-order valence-electron chi connectivity index (χ1n) is 8.26. The molecule has 0 spiro atoms. The van der Waals surface area contributed by atoms with Crippen LogP contribution in [0.25, 0.3) is 22.5 Å². The molecule has 4 aromatic rings. The van der Waals surface area contributed by atoms with Crippen molar-refractivity contribution in [1.82, 2.24) is 4.98 Å². The minimum Gasteiger partial charge on any atom is -0.366 e. The molecule has 4 rings (SSSR count). The molecule has 0 fully saturated rings. The molecular weight excluding hydrogens is 373 g/mol. The molecule has 0 saturated heterocycles. The van der Waals surface area contributed by atoms with Gasteiger partial charge in [-0.25, -0.2) is 0 Å². The van der Waals surface area contributed by atoms with Gasteiger partial charge in [0.2, 0.25) is 0 Å². The van der Waals surface area contributed by atoms with Crippen molar-refractivity contribution >= 4 is 0 Å². The van der Waals surface area contributed by atoms with Crippen LogP contribution in [0.1, 0.15) is 5.56 Å². The molecule has 1 aromatic heterocycles. The quantitative estimate of drug-likeness (QED) is 0.246. The van der Waals surface area contributed by atoms with E-state index in [9.17, 15) is 0 Å². The van der Waals surface area contributed by atoms with Gasteiger partial charge >= 0.3 is 16.5 Å². The van der Waals surface area contributed by atoms with Gasteiger partial charge in [-0.3, -0.25) is 5.92 Å². The van der Waals surface area contributed by atoms with Crippen LogP contribution in [0.15, 0.2) is 97.1 Å². The van der Waals surface area contributed by atoms with Crippen molar-refractivity contribution in [3.05, 3.63) is 121 Å². The summed E-state index contributed by atoms with van der Waals surface area (Å²) in [5.41, 5.74) is 4.72. The van der Waals surface area contributed by atoms with Crippen molar-refractivity contribution in [1.29, 1.82) is 0 Å². The van der Waals surface area contributed by atoms with Crippen LogP contribution >= 0.6 is 0 Å². The van der Waals surface area contributed by atoms with E-state index in [0.29, 0.717) is 0 Å². The summed E-state index contributed by atoms with van der Waals surface area (Å²) in [6.45, 7) is 0. The van der Waals surface area contributed by atoms with Gasteiger partial charge in [0.1, 0.15) is 0 Å². The molecule has 0 aliphatic carbocycles. The summed E-state index contributed by atoms with van der Waals surface area (Å²) >= 11 is 0. The second kappa shape index (κ2) is 10.8. The predicted molar refractivity (Wildman–Crippen MR) is 105 cm³/mol. The monoisotopic (exact) mass is 388 g/mol. The third kappa shape index (κ3) is 5.96. The number of pyridine rings is 1. The average Bonchev–Trinajstić information content (AvgIpc) is 2.76. The minimum absolute atomic E-state index is 0. The molecule has 131 valence electrons. The Labute approximate surface area is 171 Å². The Morgan fingerprint density at radius 1 is 0.630 bits per heavy atom. The van der Waals surface area contributed by atoms with Crippen LogP contribution in [0.4, 0.5) is 0 Å². The van der Waals surface area contributed by atoms with Crippen molar-refractivity contribution < 1.29 is 16.5 Å². The third-order valence-corrected chi connectivity index (χ3v) is 3.64. The number of rotatable bonds is 2. The van der Waals surface area contributed by atoms with Crippen LogP contribution in [0.3, 0.4) is 0 Å². The zero-order valence-electron chi connectivity index (χ0n) is 14.5. The molecule has 0 unspecified atom stereocenters. The smallest absolute Gasteiger partial charge is 0.366 e. The van der Waals surface area contributed by atoms with E-state index in [1.165, 1.54) is 0 Å². The molecule has 0 amide bonds. The molecule has 1 nitrogen and oxygen atoms in total. The fourth-order valence-electron chi connectivity index (χ4n) is 2.36. The zero-order valence-corrected chi connectivity index (χ0v) is 15.5. The van der Waals surface area contributed by atoms with Gasteiger partial charge in [-0.15, -0.1) is 89.5 Å². The Kier molecular flexibility index (Phi) is 8.05. The van der Waals surface area contributed by atoms with Crippen molar-refractivity contribution in [2.45, 2.75) is 0 Å². The second-order valence-corrected chi connectivity index (χ2v) is 5.45. The van der Waals surface area contributed by atoms with Crippen LogP contribution in [0, 0.1) is 24.5 Å². The Balaban J connectivity index is 0.000000247. The van der Waals surface area contributed by atoms with Crippen molar-refractivity contribution in [2.24, 2.45) is 0 Å². The summed E-state index contributed by atoms with van der Waals surface area (Å²) < 4.78 is 0. The summed E-state index contributed by atoms with van der Waals surface area (Å²) in [5, 5.41) is 0. The van der Waals surface area contributed by atoms with Gasteiger partial charge in [-0.2, -0.15) is 0 Å².